The highest BCUT2D eigenvalue weighted by atomic mass is 79.9. The Hall–Kier alpha value is -1.68. The zero-order chi connectivity index (χ0) is 15.6. The third-order valence-corrected chi connectivity index (χ3v) is 3.78. The number of benzene rings is 2. The van der Waals surface area contributed by atoms with Gasteiger partial charge in [-0.05, 0) is 72.1 Å². The van der Waals surface area contributed by atoms with E-state index in [0.29, 0.717) is 11.3 Å². The quantitative estimate of drug-likeness (QED) is 0.641. The average molecular weight is 353 g/mol. The molecule has 0 unspecified atom stereocenters. The van der Waals surface area contributed by atoms with Gasteiger partial charge in [0.2, 0.25) is 0 Å². The minimum absolute atomic E-state index is 0.159. The maximum atomic E-state index is 14.2. The first-order valence-corrected chi connectivity index (χ1v) is 7.28. The molecule has 0 saturated heterocycles. The smallest absolute Gasteiger partial charge is 0.166 e. The SMILES string of the molecule is C/C=C\c1c(C)cc(F)c(Oc2ccc(F)c(Br)c2)c1C. The lowest BCUT2D eigenvalue weighted by atomic mass is 10.0. The molecule has 0 aliphatic carbocycles. The predicted octanol–water partition coefficient (Wildman–Crippen LogP) is 6.17. The molecule has 0 aromatic heterocycles. The van der Waals surface area contributed by atoms with E-state index < -0.39 is 11.6 Å². The van der Waals surface area contributed by atoms with Crippen molar-refractivity contribution in [2.24, 2.45) is 0 Å². The molecule has 0 aliphatic heterocycles. The summed E-state index contributed by atoms with van der Waals surface area (Å²) in [5.74, 6) is -0.287. The van der Waals surface area contributed by atoms with E-state index >= 15 is 0 Å². The molecule has 1 nitrogen and oxygen atoms in total. The molecule has 2 aromatic carbocycles. The number of halogens is 3. The third kappa shape index (κ3) is 3.32. The fourth-order valence-corrected chi connectivity index (χ4v) is 2.49. The Morgan fingerprint density at radius 1 is 1.10 bits per heavy atom. The molecule has 0 spiro atoms. The molecule has 0 saturated carbocycles. The van der Waals surface area contributed by atoms with Crippen LogP contribution in [0, 0.1) is 25.5 Å². The van der Waals surface area contributed by atoms with Crippen LogP contribution in [-0.2, 0) is 0 Å². The van der Waals surface area contributed by atoms with Crippen molar-refractivity contribution < 1.29 is 13.5 Å². The summed E-state index contributed by atoms with van der Waals surface area (Å²) in [6.07, 6.45) is 3.81. The monoisotopic (exact) mass is 352 g/mol. The van der Waals surface area contributed by atoms with E-state index in [1.165, 1.54) is 24.3 Å². The number of aryl methyl sites for hydroxylation is 1. The van der Waals surface area contributed by atoms with Crippen molar-refractivity contribution >= 4 is 22.0 Å². The molecule has 0 N–H and O–H groups in total. The summed E-state index contributed by atoms with van der Waals surface area (Å²) < 4.78 is 33.3. The van der Waals surface area contributed by atoms with Crippen LogP contribution in [-0.4, -0.2) is 0 Å². The highest BCUT2D eigenvalue weighted by Gasteiger charge is 2.14. The van der Waals surface area contributed by atoms with E-state index in [0.717, 1.165) is 11.1 Å². The van der Waals surface area contributed by atoms with Gasteiger partial charge in [-0.3, -0.25) is 0 Å². The minimum atomic E-state index is -0.432. The second-order valence-corrected chi connectivity index (χ2v) is 5.58. The highest BCUT2D eigenvalue weighted by Crippen LogP contribution is 2.34. The lowest BCUT2D eigenvalue weighted by Gasteiger charge is -2.14. The van der Waals surface area contributed by atoms with Gasteiger partial charge >= 0.3 is 0 Å². The predicted molar refractivity (Wildman–Crippen MR) is 84.8 cm³/mol. The van der Waals surface area contributed by atoms with Gasteiger partial charge in [0.15, 0.2) is 11.6 Å². The summed E-state index contributed by atoms with van der Waals surface area (Å²) in [6.45, 7) is 5.56. The molecule has 0 fully saturated rings. The van der Waals surface area contributed by atoms with Gasteiger partial charge in [-0.1, -0.05) is 12.2 Å². The standard InChI is InChI=1S/C17H15BrF2O/c1-4-5-13-10(2)8-16(20)17(11(13)3)21-12-6-7-15(19)14(18)9-12/h4-9H,1-3H3/b5-4-. The maximum Gasteiger partial charge on any atom is 0.166 e. The van der Waals surface area contributed by atoms with Gasteiger partial charge in [0.05, 0.1) is 4.47 Å². The summed E-state index contributed by atoms with van der Waals surface area (Å²) in [5, 5.41) is 0. The first-order chi connectivity index (χ1) is 9.93. The highest BCUT2D eigenvalue weighted by molar-refractivity contribution is 9.10. The summed E-state index contributed by atoms with van der Waals surface area (Å²) in [7, 11) is 0. The average Bonchev–Trinajstić information content (AvgIpc) is 2.43. The molecule has 110 valence electrons. The van der Waals surface area contributed by atoms with Crippen molar-refractivity contribution in [3.05, 3.63) is 63.1 Å². The van der Waals surface area contributed by atoms with Crippen LogP contribution in [0.3, 0.4) is 0 Å². The Morgan fingerprint density at radius 3 is 2.43 bits per heavy atom. The lowest BCUT2D eigenvalue weighted by Crippen LogP contribution is -1.97. The summed E-state index contributed by atoms with van der Waals surface area (Å²) >= 11 is 3.09. The van der Waals surface area contributed by atoms with Crippen LogP contribution in [0.15, 0.2) is 34.8 Å². The molecular formula is C17H15BrF2O. The first-order valence-electron chi connectivity index (χ1n) is 6.49. The largest absolute Gasteiger partial charge is 0.454 e. The molecule has 0 amide bonds. The van der Waals surface area contributed by atoms with E-state index in [4.69, 9.17) is 4.74 Å². The van der Waals surface area contributed by atoms with Crippen LogP contribution in [0.1, 0.15) is 23.6 Å². The van der Waals surface area contributed by atoms with Crippen LogP contribution < -0.4 is 4.74 Å². The minimum Gasteiger partial charge on any atom is -0.454 e. The van der Waals surface area contributed by atoms with Gasteiger partial charge in [0.25, 0.3) is 0 Å². The van der Waals surface area contributed by atoms with Crippen molar-refractivity contribution in [2.75, 3.05) is 0 Å². The van der Waals surface area contributed by atoms with Gasteiger partial charge in [0, 0.05) is 5.56 Å². The Labute approximate surface area is 131 Å². The normalized spacial score (nSPS) is 11.1. The fourth-order valence-electron chi connectivity index (χ4n) is 2.14. The Morgan fingerprint density at radius 2 is 1.81 bits per heavy atom. The van der Waals surface area contributed by atoms with Crippen LogP contribution in [0.4, 0.5) is 8.78 Å². The van der Waals surface area contributed by atoms with Crippen molar-refractivity contribution in [2.45, 2.75) is 20.8 Å². The Balaban J connectivity index is 2.48. The van der Waals surface area contributed by atoms with Gasteiger partial charge < -0.3 is 4.74 Å². The van der Waals surface area contributed by atoms with E-state index in [1.54, 1.807) is 6.92 Å². The molecule has 2 aromatic rings. The first kappa shape index (κ1) is 15.7. The summed E-state index contributed by atoms with van der Waals surface area (Å²) in [6, 6.07) is 5.65. The third-order valence-electron chi connectivity index (χ3n) is 3.17. The fraction of sp³-hybridized carbons (Fsp3) is 0.176. The Kier molecular flexibility index (Phi) is 4.78. The van der Waals surface area contributed by atoms with Crippen LogP contribution in [0.2, 0.25) is 0 Å². The lowest BCUT2D eigenvalue weighted by molar-refractivity contribution is 0.436. The maximum absolute atomic E-state index is 14.2. The topological polar surface area (TPSA) is 9.23 Å². The van der Waals surface area contributed by atoms with Crippen LogP contribution in [0.25, 0.3) is 6.08 Å². The molecule has 0 bridgehead atoms. The van der Waals surface area contributed by atoms with Crippen molar-refractivity contribution in [3.63, 3.8) is 0 Å². The molecule has 2 rings (SSSR count). The number of hydrogen-bond donors (Lipinski definition) is 0. The second-order valence-electron chi connectivity index (χ2n) is 4.72. The number of ether oxygens (including phenoxy) is 1. The van der Waals surface area contributed by atoms with E-state index in [-0.39, 0.29) is 10.2 Å². The van der Waals surface area contributed by atoms with E-state index in [1.807, 2.05) is 26.0 Å². The van der Waals surface area contributed by atoms with Gasteiger partial charge in [-0.25, -0.2) is 8.78 Å². The molecule has 0 atom stereocenters. The number of hydrogen-bond acceptors (Lipinski definition) is 1. The van der Waals surface area contributed by atoms with Gasteiger partial charge in [0.1, 0.15) is 11.6 Å². The zero-order valence-electron chi connectivity index (χ0n) is 12.0. The summed E-state index contributed by atoms with van der Waals surface area (Å²) in [5.41, 5.74) is 2.48. The second kappa shape index (κ2) is 6.39. The van der Waals surface area contributed by atoms with E-state index in [2.05, 4.69) is 15.9 Å². The molecular weight excluding hydrogens is 338 g/mol. The van der Waals surface area contributed by atoms with Crippen molar-refractivity contribution in [3.8, 4) is 11.5 Å². The van der Waals surface area contributed by atoms with E-state index in [9.17, 15) is 8.78 Å². The zero-order valence-corrected chi connectivity index (χ0v) is 13.6. The van der Waals surface area contributed by atoms with Crippen molar-refractivity contribution in [1.29, 1.82) is 0 Å². The number of rotatable bonds is 3. The molecule has 4 heteroatoms. The van der Waals surface area contributed by atoms with Crippen molar-refractivity contribution in [1.82, 2.24) is 0 Å². The summed E-state index contributed by atoms with van der Waals surface area (Å²) in [4.78, 5) is 0. The number of allylic oxidation sites excluding steroid dienone is 1. The van der Waals surface area contributed by atoms with Crippen LogP contribution in [0.5, 0.6) is 11.5 Å². The molecule has 0 radical (unpaired) electrons. The molecule has 21 heavy (non-hydrogen) atoms. The van der Waals surface area contributed by atoms with Crippen LogP contribution >= 0.6 is 15.9 Å². The molecule has 0 heterocycles. The van der Waals surface area contributed by atoms with Gasteiger partial charge in [-0.2, -0.15) is 0 Å². The molecule has 0 aliphatic rings. The Bertz CT molecular complexity index is 708. The van der Waals surface area contributed by atoms with Gasteiger partial charge in [-0.15, -0.1) is 0 Å².